The smallest absolute Gasteiger partial charge is 0.307 e. The van der Waals surface area contributed by atoms with Crippen molar-refractivity contribution < 1.29 is 9.90 Å². The van der Waals surface area contributed by atoms with Gasteiger partial charge in [-0.3, -0.25) is 9.69 Å². The van der Waals surface area contributed by atoms with Crippen LogP contribution in [0.2, 0.25) is 0 Å². The Balaban J connectivity index is 1.88. The zero-order valence-electron chi connectivity index (χ0n) is 11.1. The van der Waals surface area contributed by atoms with Gasteiger partial charge in [-0.05, 0) is 51.1 Å². The number of rotatable bonds is 3. The van der Waals surface area contributed by atoms with Crippen LogP contribution in [0.4, 0.5) is 0 Å². The van der Waals surface area contributed by atoms with Crippen molar-refractivity contribution in [2.75, 3.05) is 13.1 Å². The molecule has 0 aromatic rings. The van der Waals surface area contributed by atoms with Gasteiger partial charge in [0.2, 0.25) is 0 Å². The third kappa shape index (κ3) is 2.65. The average molecular weight is 239 g/mol. The molecule has 1 saturated heterocycles. The predicted molar refractivity (Wildman–Crippen MR) is 68.0 cm³/mol. The minimum Gasteiger partial charge on any atom is -0.481 e. The van der Waals surface area contributed by atoms with Crippen molar-refractivity contribution in [2.24, 2.45) is 11.3 Å². The first kappa shape index (κ1) is 12.9. The third-order valence-electron chi connectivity index (χ3n) is 5.21. The molecular formula is C14H25NO2. The highest BCUT2D eigenvalue weighted by Gasteiger charge is 2.38. The summed E-state index contributed by atoms with van der Waals surface area (Å²) in [5, 5.41) is 9.06. The van der Waals surface area contributed by atoms with Crippen LogP contribution in [-0.4, -0.2) is 35.1 Å². The fourth-order valence-electron chi connectivity index (χ4n) is 3.55. The second-order valence-corrected chi connectivity index (χ2v) is 6.11. The number of piperidine rings is 1. The van der Waals surface area contributed by atoms with Gasteiger partial charge in [-0.25, -0.2) is 0 Å². The van der Waals surface area contributed by atoms with Gasteiger partial charge in [-0.15, -0.1) is 0 Å². The molecule has 2 atom stereocenters. The van der Waals surface area contributed by atoms with Crippen molar-refractivity contribution in [3.63, 3.8) is 0 Å². The summed E-state index contributed by atoms with van der Waals surface area (Å²) in [7, 11) is 0. The molecule has 0 amide bonds. The molecule has 1 aliphatic carbocycles. The van der Waals surface area contributed by atoms with Gasteiger partial charge >= 0.3 is 5.97 Å². The van der Waals surface area contributed by atoms with Crippen LogP contribution in [0, 0.1) is 11.3 Å². The monoisotopic (exact) mass is 239 g/mol. The van der Waals surface area contributed by atoms with E-state index < -0.39 is 5.97 Å². The zero-order valence-corrected chi connectivity index (χ0v) is 11.1. The molecule has 1 N–H and O–H groups in total. The second kappa shape index (κ2) is 4.97. The van der Waals surface area contributed by atoms with E-state index in [2.05, 4.69) is 11.8 Å². The van der Waals surface area contributed by atoms with E-state index in [1.165, 1.54) is 38.5 Å². The number of hydrogen-bond donors (Lipinski definition) is 1. The Morgan fingerprint density at radius 2 is 1.65 bits per heavy atom. The Morgan fingerprint density at radius 3 is 2.12 bits per heavy atom. The van der Waals surface area contributed by atoms with Crippen LogP contribution in [0.5, 0.6) is 0 Å². The van der Waals surface area contributed by atoms with E-state index in [0.717, 1.165) is 13.1 Å². The molecular weight excluding hydrogens is 214 g/mol. The molecule has 1 spiro atoms. The molecule has 3 heteroatoms. The normalized spacial score (nSPS) is 28.1. The molecule has 1 saturated carbocycles. The van der Waals surface area contributed by atoms with E-state index in [1.54, 1.807) is 0 Å². The lowest BCUT2D eigenvalue weighted by atomic mass is 9.76. The van der Waals surface area contributed by atoms with E-state index >= 15 is 0 Å². The van der Waals surface area contributed by atoms with Crippen LogP contribution in [0.1, 0.15) is 52.4 Å². The average Bonchev–Trinajstić information content (AvgIpc) is 2.76. The van der Waals surface area contributed by atoms with E-state index in [0.29, 0.717) is 5.41 Å². The topological polar surface area (TPSA) is 40.5 Å². The summed E-state index contributed by atoms with van der Waals surface area (Å²) >= 11 is 0. The van der Waals surface area contributed by atoms with Crippen LogP contribution in [0.3, 0.4) is 0 Å². The van der Waals surface area contributed by atoms with Crippen molar-refractivity contribution in [1.29, 1.82) is 0 Å². The molecule has 3 nitrogen and oxygen atoms in total. The minimum atomic E-state index is -0.668. The highest BCUT2D eigenvalue weighted by atomic mass is 16.4. The standard InChI is InChI=1S/C14H25NO2/c1-11(13(16)17)12(2)15-9-7-14(8-10-15)5-3-4-6-14/h11-12H,3-10H2,1-2H3,(H,16,17). The molecule has 2 unspecified atom stereocenters. The maximum absolute atomic E-state index is 11.0. The molecule has 0 bridgehead atoms. The van der Waals surface area contributed by atoms with Gasteiger partial charge in [0.15, 0.2) is 0 Å². The Morgan fingerprint density at radius 1 is 1.12 bits per heavy atom. The van der Waals surface area contributed by atoms with Crippen LogP contribution in [0.25, 0.3) is 0 Å². The molecule has 2 rings (SSSR count). The lowest BCUT2D eigenvalue weighted by Crippen LogP contribution is -2.47. The second-order valence-electron chi connectivity index (χ2n) is 6.11. The maximum atomic E-state index is 11.0. The SMILES string of the molecule is CC(C(=O)O)C(C)N1CCC2(CCCC2)CC1. The Labute approximate surface area is 104 Å². The lowest BCUT2D eigenvalue weighted by Gasteiger charge is -2.42. The summed E-state index contributed by atoms with van der Waals surface area (Å²) in [6.07, 6.45) is 8.18. The number of hydrogen-bond acceptors (Lipinski definition) is 2. The Bertz CT molecular complexity index is 274. The first-order valence-electron chi connectivity index (χ1n) is 7.01. The molecule has 0 radical (unpaired) electrons. The maximum Gasteiger partial charge on any atom is 0.307 e. The van der Waals surface area contributed by atoms with Gasteiger partial charge in [0.25, 0.3) is 0 Å². The first-order chi connectivity index (χ1) is 8.04. The van der Waals surface area contributed by atoms with Crippen molar-refractivity contribution in [3.05, 3.63) is 0 Å². The summed E-state index contributed by atoms with van der Waals surface area (Å²) in [5.74, 6) is -0.925. The number of carboxylic acids is 1. The van der Waals surface area contributed by atoms with Crippen molar-refractivity contribution in [1.82, 2.24) is 4.90 Å². The van der Waals surface area contributed by atoms with Gasteiger partial charge < -0.3 is 5.11 Å². The number of nitrogens with zero attached hydrogens (tertiary/aromatic N) is 1. The molecule has 0 aromatic carbocycles. The molecule has 98 valence electrons. The summed E-state index contributed by atoms with van der Waals surface area (Å²) in [6.45, 7) is 6.08. The molecule has 1 aliphatic heterocycles. The molecule has 2 fully saturated rings. The highest BCUT2D eigenvalue weighted by Crippen LogP contribution is 2.46. The van der Waals surface area contributed by atoms with Crippen molar-refractivity contribution in [3.8, 4) is 0 Å². The minimum absolute atomic E-state index is 0.172. The fourth-order valence-corrected chi connectivity index (χ4v) is 3.55. The summed E-state index contributed by atoms with van der Waals surface area (Å²) in [4.78, 5) is 13.4. The van der Waals surface area contributed by atoms with E-state index in [4.69, 9.17) is 5.11 Å². The zero-order chi connectivity index (χ0) is 12.5. The Kier molecular flexibility index (Phi) is 3.76. The highest BCUT2D eigenvalue weighted by molar-refractivity contribution is 5.70. The summed E-state index contributed by atoms with van der Waals surface area (Å²) in [5.41, 5.74) is 0.628. The number of carbonyl (C=O) groups is 1. The third-order valence-corrected chi connectivity index (χ3v) is 5.21. The van der Waals surface area contributed by atoms with Crippen LogP contribution in [0.15, 0.2) is 0 Å². The molecule has 17 heavy (non-hydrogen) atoms. The number of likely N-dealkylation sites (tertiary alicyclic amines) is 1. The molecule has 0 aromatic heterocycles. The van der Waals surface area contributed by atoms with E-state index in [1.807, 2.05) is 6.92 Å². The van der Waals surface area contributed by atoms with Gasteiger partial charge in [-0.2, -0.15) is 0 Å². The van der Waals surface area contributed by atoms with Crippen LogP contribution < -0.4 is 0 Å². The Hall–Kier alpha value is -0.570. The first-order valence-corrected chi connectivity index (χ1v) is 7.01. The van der Waals surface area contributed by atoms with Gasteiger partial charge in [0.1, 0.15) is 0 Å². The largest absolute Gasteiger partial charge is 0.481 e. The quantitative estimate of drug-likeness (QED) is 0.823. The van der Waals surface area contributed by atoms with Gasteiger partial charge in [0, 0.05) is 6.04 Å². The van der Waals surface area contributed by atoms with Crippen molar-refractivity contribution in [2.45, 2.75) is 58.4 Å². The van der Waals surface area contributed by atoms with E-state index in [-0.39, 0.29) is 12.0 Å². The molecule has 1 heterocycles. The van der Waals surface area contributed by atoms with Gasteiger partial charge in [-0.1, -0.05) is 19.8 Å². The summed E-state index contributed by atoms with van der Waals surface area (Å²) < 4.78 is 0. The van der Waals surface area contributed by atoms with E-state index in [9.17, 15) is 4.79 Å². The fraction of sp³-hybridized carbons (Fsp3) is 0.929. The lowest BCUT2D eigenvalue weighted by molar-refractivity contribution is -0.143. The van der Waals surface area contributed by atoms with Crippen LogP contribution >= 0.6 is 0 Å². The number of carboxylic acid groups (broad SMARTS) is 1. The molecule has 2 aliphatic rings. The summed E-state index contributed by atoms with van der Waals surface area (Å²) in [6, 6.07) is 0.172. The number of aliphatic carboxylic acids is 1. The van der Waals surface area contributed by atoms with Crippen LogP contribution in [-0.2, 0) is 4.79 Å². The van der Waals surface area contributed by atoms with Gasteiger partial charge in [0.05, 0.1) is 5.92 Å². The predicted octanol–water partition coefficient (Wildman–Crippen LogP) is 2.75. The van der Waals surface area contributed by atoms with Crippen molar-refractivity contribution >= 4 is 5.97 Å².